The van der Waals surface area contributed by atoms with Gasteiger partial charge >= 0.3 is 0 Å². The molecule has 0 unspecified atom stereocenters. The number of carbonyl (C=O) groups excluding carboxylic acids is 2. The molecular weight excluding hydrogens is 560 g/mol. The van der Waals surface area contributed by atoms with E-state index < -0.39 is 11.8 Å². The number of fused-ring (bicyclic) bond motifs is 2. The van der Waals surface area contributed by atoms with E-state index in [9.17, 15) is 9.59 Å². The molecule has 0 spiro atoms. The van der Waals surface area contributed by atoms with E-state index in [1.54, 1.807) is 61.7 Å². The third-order valence-corrected chi connectivity index (χ3v) is 5.83. The highest BCUT2D eigenvalue weighted by Gasteiger charge is 2.19. The Bertz CT molecular complexity index is 1760. The van der Waals surface area contributed by atoms with Gasteiger partial charge in [-0.05, 0) is 52.9 Å². The number of tetrazole rings is 1. The van der Waals surface area contributed by atoms with Gasteiger partial charge in [-0.3, -0.25) is 9.59 Å². The molecule has 38 heavy (non-hydrogen) atoms. The second kappa shape index (κ2) is 10.5. The van der Waals surface area contributed by atoms with Crippen LogP contribution in [0.15, 0.2) is 74.2 Å². The Kier molecular flexibility index (Phi) is 6.78. The number of methoxy groups -OCH3 is 1. The molecule has 0 radical (unpaired) electrons. The fourth-order valence-electron chi connectivity index (χ4n) is 3.55. The Morgan fingerprint density at radius 1 is 1.03 bits per heavy atom. The summed E-state index contributed by atoms with van der Waals surface area (Å²) in [7, 11) is 1.55. The van der Waals surface area contributed by atoms with Crippen LogP contribution in [0.25, 0.3) is 33.3 Å². The molecule has 6 aromatic rings. The number of rotatable bonds is 5. The van der Waals surface area contributed by atoms with E-state index in [-0.39, 0.29) is 11.5 Å². The number of nitrogens with one attached hydrogen (secondary N) is 2. The van der Waals surface area contributed by atoms with Crippen LogP contribution in [-0.2, 0) is 0 Å². The van der Waals surface area contributed by atoms with Crippen LogP contribution in [0.5, 0.6) is 5.75 Å². The van der Waals surface area contributed by atoms with Crippen LogP contribution in [-0.4, -0.2) is 49.9 Å². The summed E-state index contributed by atoms with van der Waals surface area (Å²) < 4.78 is 15.9. The van der Waals surface area contributed by atoms with Crippen molar-refractivity contribution >= 4 is 55.3 Å². The largest absolute Gasteiger partial charge is 0.497 e. The molecule has 0 aliphatic rings. The van der Waals surface area contributed by atoms with Crippen molar-refractivity contribution in [1.82, 2.24) is 30.9 Å². The van der Waals surface area contributed by atoms with Gasteiger partial charge in [-0.1, -0.05) is 38.4 Å². The van der Waals surface area contributed by atoms with E-state index in [1.807, 2.05) is 6.07 Å². The standard InChI is InChI=1S/C16H11BrN6O3.C8H6N2O2/c1-25-9-3-4-10-13(7-9)26-21-14(10)16(24)18-12-5-2-8(17)6-11(12)15-19-22-23-20-15;9-8(11)7-5-3-1-2-4-6(5)10-12-7/h2-7H,1H3,(H,18,24)(H,19,20,22,23);1-4H,(H2,9,11). The van der Waals surface area contributed by atoms with E-state index in [4.69, 9.17) is 19.5 Å². The molecule has 0 aliphatic carbocycles. The first-order chi connectivity index (χ1) is 18.4. The highest BCUT2D eigenvalue weighted by atomic mass is 79.9. The number of nitrogens with two attached hydrogens (primary N) is 1. The summed E-state index contributed by atoms with van der Waals surface area (Å²) in [6.45, 7) is 0. The Morgan fingerprint density at radius 2 is 1.87 bits per heavy atom. The maximum absolute atomic E-state index is 12.7. The molecule has 0 bridgehead atoms. The third kappa shape index (κ3) is 4.92. The second-order valence-electron chi connectivity index (χ2n) is 7.68. The molecule has 6 rings (SSSR count). The number of benzene rings is 3. The van der Waals surface area contributed by atoms with Crippen molar-refractivity contribution in [3.05, 3.63) is 76.6 Å². The van der Waals surface area contributed by atoms with Crippen LogP contribution in [0.4, 0.5) is 5.69 Å². The smallest absolute Gasteiger partial charge is 0.287 e. The summed E-state index contributed by atoms with van der Waals surface area (Å²) in [6, 6.07) is 17.6. The molecule has 0 saturated heterocycles. The zero-order valence-electron chi connectivity index (χ0n) is 19.5. The van der Waals surface area contributed by atoms with Gasteiger partial charge in [0, 0.05) is 16.1 Å². The van der Waals surface area contributed by atoms with E-state index in [0.29, 0.717) is 44.7 Å². The van der Waals surface area contributed by atoms with E-state index >= 15 is 0 Å². The van der Waals surface area contributed by atoms with Gasteiger partial charge in [-0.15, -0.1) is 5.10 Å². The molecule has 13 nitrogen and oxygen atoms in total. The van der Waals surface area contributed by atoms with Crippen molar-refractivity contribution in [2.75, 3.05) is 12.4 Å². The normalized spacial score (nSPS) is 10.7. The van der Waals surface area contributed by atoms with Gasteiger partial charge in [-0.25, -0.2) is 5.10 Å². The van der Waals surface area contributed by atoms with Crippen LogP contribution < -0.4 is 15.8 Å². The average molecular weight is 577 g/mol. The SMILES string of the molecule is COc1ccc2c(C(=O)Nc3ccc(Br)cc3-c3nnn[nH]3)noc2c1.NC(=O)c1onc2ccccc12. The van der Waals surface area contributed by atoms with Crippen molar-refractivity contribution in [2.45, 2.75) is 0 Å². The number of hydrogen-bond donors (Lipinski definition) is 3. The van der Waals surface area contributed by atoms with Gasteiger partial charge in [-0.2, -0.15) is 0 Å². The Hall–Kier alpha value is -5.11. The van der Waals surface area contributed by atoms with Crippen LogP contribution in [0.2, 0.25) is 0 Å². The summed E-state index contributed by atoms with van der Waals surface area (Å²) in [4.78, 5) is 23.5. The average Bonchev–Trinajstić information content (AvgIpc) is 3.69. The second-order valence-corrected chi connectivity index (χ2v) is 8.60. The van der Waals surface area contributed by atoms with Crippen molar-refractivity contribution in [2.24, 2.45) is 5.73 Å². The number of aromatic nitrogens is 6. The van der Waals surface area contributed by atoms with Crippen molar-refractivity contribution in [3.8, 4) is 17.1 Å². The summed E-state index contributed by atoms with van der Waals surface area (Å²) in [5.74, 6) is 0.157. The molecule has 0 aliphatic heterocycles. The number of primary amides is 1. The number of aromatic amines is 1. The van der Waals surface area contributed by atoms with Crippen LogP contribution in [0, 0.1) is 0 Å². The van der Waals surface area contributed by atoms with Crippen LogP contribution in [0.1, 0.15) is 21.0 Å². The zero-order chi connectivity index (χ0) is 26.6. The summed E-state index contributed by atoms with van der Waals surface area (Å²) in [5.41, 5.74) is 7.49. The minimum Gasteiger partial charge on any atom is -0.497 e. The van der Waals surface area contributed by atoms with Gasteiger partial charge in [0.25, 0.3) is 11.8 Å². The molecule has 3 heterocycles. The number of anilines is 1. The van der Waals surface area contributed by atoms with E-state index in [1.165, 1.54) is 0 Å². The van der Waals surface area contributed by atoms with E-state index in [0.717, 1.165) is 4.47 Å². The number of halogens is 1. The number of nitrogens with zero attached hydrogens (tertiary/aromatic N) is 5. The lowest BCUT2D eigenvalue weighted by molar-refractivity contribution is 0.0966. The maximum Gasteiger partial charge on any atom is 0.287 e. The molecule has 2 amide bonds. The molecular formula is C24H17BrN8O5. The molecule has 0 saturated carbocycles. The highest BCUT2D eigenvalue weighted by molar-refractivity contribution is 9.10. The molecule has 4 N–H and O–H groups in total. The van der Waals surface area contributed by atoms with Crippen molar-refractivity contribution < 1.29 is 23.4 Å². The summed E-state index contributed by atoms with van der Waals surface area (Å²) in [5, 5.41) is 25.3. The minimum atomic E-state index is -0.594. The van der Waals surface area contributed by atoms with Gasteiger partial charge in [0.15, 0.2) is 17.1 Å². The maximum atomic E-state index is 12.7. The van der Waals surface area contributed by atoms with E-state index in [2.05, 4.69) is 52.2 Å². The zero-order valence-corrected chi connectivity index (χ0v) is 21.1. The third-order valence-electron chi connectivity index (χ3n) is 5.33. The van der Waals surface area contributed by atoms with Crippen molar-refractivity contribution in [3.63, 3.8) is 0 Å². The number of amides is 2. The van der Waals surface area contributed by atoms with Crippen molar-refractivity contribution in [1.29, 1.82) is 0 Å². The Balaban J connectivity index is 0.000000204. The fraction of sp³-hybridized carbons (Fsp3) is 0.0417. The van der Waals surface area contributed by atoms with Gasteiger partial charge in [0.2, 0.25) is 5.76 Å². The first-order valence-electron chi connectivity index (χ1n) is 10.9. The van der Waals surface area contributed by atoms with Gasteiger partial charge in [0.05, 0.1) is 23.6 Å². The topological polar surface area (TPSA) is 188 Å². The molecule has 0 atom stereocenters. The monoisotopic (exact) mass is 576 g/mol. The van der Waals surface area contributed by atoms with Crippen LogP contribution >= 0.6 is 15.9 Å². The molecule has 3 aromatic heterocycles. The lowest BCUT2D eigenvalue weighted by Crippen LogP contribution is -2.13. The Labute approximate surface area is 221 Å². The Morgan fingerprint density at radius 3 is 2.63 bits per heavy atom. The predicted octanol–water partition coefficient (Wildman–Crippen LogP) is 3.96. The molecule has 3 aromatic carbocycles. The summed E-state index contributed by atoms with van der Waals surface area (Å²) >= 11 is 3.40. The first-order valence-corrected chi connectivity index (χ1v) is 11.7. The van der Waals surface area contributed by atoms with Gasteiger partial charge < -0.3 is 24.8 Å². The minimum absolute atomic E-state index is 0.116. The molecule has 190 valence electrons. The summed E-state index contributed by atoms with van der Waals surface area (Å²) in [6.07, 6.45) is 0. The fourth-order valence-corrected chi connectivity index (χ4v) is 3.91. The molecule has 14 heteroatoms. The number of H-pyrrole nitrogens is 1. The van der Waals surface area contributed by atoms with Gasteiger partial charge in [0.1, 0.15) is 11.3 Å². The van der Waals surface area contributed by atoms with Crippen LogP contribution in [0.3, 0.4) is 0 Å². The number of ether oxygens (including phenoxy) is 1. The quantitative estimate of drug-likeness (QED) is 0.271. The first kappa shape index (κ1) is 24.6. The predicted molar refractivity (Wildman–Crippen MR) is 138 cm³/mol. The highest BCUT2D eigenvalue weighted by Crippen LogP contribution is 2.30. The number of hydrogen-bond acceptors (Lipinski definition) is 10. The number of carbonyl (C=O) groups is 2. The molecule has 0 fully saturated rings. The lowest BCUT2D eigenvalue weighted by Gasteiger charge is -2.08. The lowest BCUT2D eigenvalue weighted by atomic mass is 10.1.